The topological polar surface area (TPSA) is 35.2 Å². The van der Waals surface area contributed by atoms with E-state index >= 15 is 0 Å². The molecule has 0 aromatic heterocycles. The molecule has 16 heavy (non-hydrogen) atoms. The maximum atomic E-state index is 6.06. The van der Waals surface area contributed by atoms with Crippen molar-refractivity contribution in [3.8, 4) is 5.75 Å². The molecule has 0 bridgehead atoms. The molecule has 1 aromatic carbocycles. The fourth-order valence-electron chi connectivity index (χ4n) is 2.39. The zero-order chi connectivity index (χ0) is 11.8. The predicted octanol–water partition coefficient (Wildman–Crippen LogP) is 2.60. The van der Waals surface area contributed by atoms with E-state index in [4.69, 9.17) is 10.5 Å². The van der Waals surface area contributed by atoms with Gasteiger partial charge in [-0.1, -0.05) is 12.1 Å². The summed E-state index contributed by atoms with van der Waals surface area (Å²) in [4.78, 5) is 0. The Kier molecular flexibility index (Phi) is 2.94. The molecule has 0 amide bonds. The first kappa shape index (κ1) is 11.5. The number of hydrogen-bond acceptors (Lipinski definition) is 2. The van der Waals surface area contributed by atoms with Gasteiger partial charge in [-0.15, -0.1) is 0 Å². The van der Waals surface area contributed by atoms with Crippen LogP contribution in [0.4, 0.5) is 0 Å². The van der Waals surface area contributed by atoms with Gasteiger partial charge in [0.1, 0.15) is 5.75 Å². The fourth-order valence-corrected chi connectivity index (χ4v) is 2.39. The molecule has 0 aliphatic carbocycles. The lowest BCUT2D eigenvalue weighted by Crippen LogP contribution is -2.34. The molecular weight excluding hydrogens is 198 g/mol. The maximum absolute atomic E-state index is 6.06. The zero-order valence-electron chi connectivity index (χ0n) is 10.5. The third kappa shape index (κ3) is 2.56. The van der Waals surface area contributed by atoms with E-state index < -0.39 is 0 Å². The monoisotopic (exact) mass is 219 g/mol. The van der Waals surface area contributed by atoms with Crippen LogP contribution in [0.25, 0.3) is 0 Å². The van der Waals surface area contributed by atoms with Crippen LogP contribution in [0, 0.1) is 6.92 Å². The van der Waals surface area contributed by atoms with Gasteiger partial charge in [-0.3, -0.25) is 0 Å². The maximum Gasteiger partial charge on any atom is 0.125 e. The molecule has 0 saturated heterocycles. The van der Waals surface area contributed by atoms with Crippen molar-refractivity contribution in [3.63, 3.8) is 0 Å². The van der Waals surface area contributed by atoms with Gasteiger partial charge >= 0.3 is 0 Å². The summed E-state index contributed by atoms with van der Waals surface area (Å²) in [6, 6.07) is 4.47. The Morgan fingerprint density at radius 1 is 1.38 bits per heavy atom. The Balaban J connectivity index is 2.32. The van der Waals surface area contributed by atoms with Gasteiger partial charge in [-0.2, -0.15) is 0 Å². The van der Waals surface area contributed by atoms with Crippen LogP contribution in [0.1, 0.15) is 37.0 Å². The van der Waals surface area contributed by atoms with Crippen LogP contribution < -0.4 is 10.5 Å². The van der Waals surface area contributed by atoms with Crippen LogP contribution in [-0.2, 0) is 12.8 Å². The number of nitrogens with two attached hydrogens (primary N) is 1. The van der Waals surface area contributed by atoms with E-state index in [1.165, 1.54) is 16.7 Å². The van der Waals surface area contributed by atoms with Crippen molar-refractivity contribution >= 4 is 0 Å². The lowest BCUT2D eigenvalue weighted by Gasteiger charge is -2.23. The number of ether oxygens (including phenoxy) is 1. The van der Waals surface area contributed by atoms with Crippen molar-refractivity contribution in [1.82, 2.24) is 0 Å². The van der Waals surface area contributed by atoms with Gasteiger partial charge in [0, 0.05) is 5.54 Å². The van der Waals surface area contributed by atoms with Crippen LogP contribution >= 0.6 is 0 Å². The molecular formula is C14H21NO. The van der Waals surface area contributed by atoms with E-state index in [1.807, 2.05) is 0 Å². The van der Waals surface area contributed by atoms with Crippen molar-refractivity contribution in [2.45, 2.75) is 45.6 Å². The van der Waals surface area contributed by atoms with E-state index in [0.29, 0.717) is 0 Å². The summed E-state index contributed by atoms with van der Waals surface area (Å²) in [6.45, 7) is 7.11. The second-order valence-corrected chi connectivity index (χ2v) is 5.52. The SMILES string of the molecule is Cc1cc(CC(C)(C)N)cc2c1OCCC2. The Morgan fingerprint density at radius 3 is 2.81 bits per heavy atom. The summed E-state index contributed by atoms with van der Waals surface area (Å²) in [7, 11) is 0. The van der Waals surface area contributed by atoms with Crippen molar-refractivity contribution in [1.29, 1.82) is 0 Å². The number of rotatable bonds is 2. The van der Waals surface area contributed by atoms with Gasteiger partial charge < -0.3 is 10.5 Å². The van der Waals surface area contributed by atoms with Crippen LogP contribution in [0.3, 0.4) is 0 Å². The molecule has 1 aliphatic rings. The second-order valence-electron chi connectivity index (χ2n) is 5.52. The molecule has 2 heteroatoms. The normalized spacial score (nSPS) is 15.5. The third-order valence-electron chi connectivity index (χ3n) is 2.91. The van der Waals surface area contributed by atoms with E-state index in [-0.39, 0.29) is 5.54 Å². The highest BCUT2D eigenvalue weighted by Gasteiger charge is 2.17. The molecule has 2 N–H and O–H groups in total. The molecule has 0 spiro atoms. The van der Waals surface area contributed by atoms with Crippen LogP contribution in [-0.4, -0.2) is 12.1 Å². The molecule has 0 atom stereocenters. The van der Waals surface area contributed by atoms with Gasteiger partial charge in [-0.05, 0) is 56.7 Å². The van der Waals surface area contributed by atoms with Crippen molar-refractivity contribution in [2.24, 2.45) is 5.73 Å². The smallest absolute Gasteiger partial charge is 0.125 e. The van der Waals surface area contributed by atoms with Gasteiger partial charge in [0.05, 0.1) is 6.61 Å². The first-order chi connectivity index (χ1) is 7.46. The molecule has 1 aromatic rings. The van der Waals surface area contributed by atoms with Gasteiger partial charge in [-0.25, -0.2) is 0 Å². The minimum Gasteiger partial charge on any atom is -0.493 e. The predicted molar refractivity (Wildman–Crippen MR) is 67.0 cm³/mol. The van der Waals surface area contributed by atoms with Crippen LogP contribution in [0.15, 0.2) is 12.1 Å². The summed E-state index contributed by atoms with van der Waals surface area (Å²) >= 11 is 0. The molecule has 0 radical (unpaired) electrons. The average Bonchev–Trinajstić information content (AvgIpc) is 2.15. The largest absolute Gasteiger partial charge is 0.493 e. The van der Waals surface area contributed by atoms with Crippen molar-refractivity contribution in [2.75, 3.05) is 6.61 Å². The molecule has 2 rings (SSSR count). The minimum absolute atomic E-state index is 0.143. The number of aryl methyl sites for hydroxylation is 2. The summed E-state index contributed by atoms with van der Waals surface area (Å²) in [6.07, 6.45) is 3.18. The molecule has 88 valence electrons. The number of benzene rings is 1. The fraction of sp³-hybridized carbons (Fsp3) is 0.571. The third-order valence-corrected chi connectivity index (χ3v) is 2.91. The van der Waals surface area contributed by atoms with Crippen LogP contribution in [0.5, 0.6) is 5.75 Å². The lowest BCUT2D eigenvalue weighted by atomic mass is 9.92. The highest BCUT2D eigenvalue weighted by molar-refractivity contribution is 5.45. The standard InChI is InChI=1S/C14H21NO/c1-10-7-11(9-14(2,3)15)8-12-5-4-6-16-13(10)12/h7-8H,4-6,9,15H2,1-3H3. The van der Waals surface area contributed by atoms with E-state index in [2.05, 4.69) is 32.9 Å². The molecule has 2 nitrogen and oxygen atoms in total. The second kappa shape index (κ2) is 4.10. The average molecular weight is 219 g/mol. The van der Waals surface area contributed by atoms with E-state index in [1.54, 1.807) is 0 Å². The van der Waals surface area contributed by atoms with Crippen molar-refractivity contribution in [3.05, 3.63) is 28.8 Å². The minimum atomic E-state index is -0.143. The van der Waals surface area contributed by atoms with E-state index in [0.717, 1.165) is 31.6 Å². The lowest BCUT2D eigenvalue weighted by molar-refractivity contribution is 0.286. The van der Waals surface area contributed by atoms with Gasteiger partial charge in [0.25, 0.3) is 0 Å². The highest BCUT2D eigenvalue weighted by Crippen LogP contribution is 2.30. The van der Waals surface area contributed by atoms with E-state index in [9.17, 15) is 0 Å². The Labute approximate surface area is 97.8 Å². The summed E-state index contributed by atoms with van der Waals surface area (Å²) in [5.41, 5.74) is 9.85. The van der Waals surface area contributed by atoms with Gasteiger partial charge in [0.2, 0.25) is 0 Å². The summed E-state index contributed by atoms with van der Waals surface area (Å²) in [5.74, 6) is 1.10. The molecule has 1 heterocycles. The zero-order valence-corrected chi connectivity index (χ0v) is 10.5. The Morgan fingerprint density at radius 2 is 2.12 bits per heavy atom. The highest BCUT2D eigenvalue weighted by atomic mass is 16.5. The van der Waals surface area contributed by atoms with Gasteiger partial charge in [0.15, 0.2) is 0 Å². The first-order valence-electron chi connectivity index (χ1n) is 6.00. The Hall–Kier alpha value is -1.02. The van der Waals surface area contributed by atoms with Crippen molar-refractivity contribution < 1.29 is 4.74 Å². The molecule has 0 saturated carbocycles. The summed E-state index contributed by atoms with van der Waals surface area (Å²) < 4.78 is 5.71. The summed E-state index contributed by atoms with van der Waals surface area (Å²) in [5, 5.41) is 0. The number of fused-ring (bicyclic) bond motifs is 1. The molecule has 0 unspecified atom stereocenters. The Bertz CT molecular complexity index is 390. The number of hydrogen-bond donors (Lipinski definition) is 1. The quantitative estimate of drug-likeness (QED) is 0.829. The van der Waals surface area contributed by atoms with Crippen LogP contribution in [0.2, 0.25) is 0 Å². The molecule has 0 fully saturated rings. The first-order valence-corrected chi connectivity index (χ1v) is 6.00. The molecule has 1 aliphatic heterocycles.